The molecule has 3 heterocycles. The Kier molecular flexibility index (Phi) is 8.37. The minimum Gasteiger partial charge on any atom is -0.303 e. The van der Waals surface area contributed by atoms with Gasteiger partial charge in [0.1, 0.15) is 11.9 Å². The number of halogens is 1. The molecule has 34 heavy (non-hydrogen) atoms. The highest BCUT2D eigenvalue weighted by Crippen LogP contribution is 2.35. The number of thioether (sulfide) groups is 1. The van der Waals surface area contributed by atoms with E-state index < -0.39 is 35.5 Å². The second-order valence-electron chi connectivity index (χ2n) is 9.29. The third-order valence-corrected chi connectivity index (χ3v) is 7.92. The Morgan fingerprint density at radius 2 is 1.68 bits per heavy atom. The molecule has 0 saturated carbocycles. The molecule has 1 aromatic rings. The Labute approximate surface area is 203 Å². The van der Waals surface area contributed by atoms with Crippen LogP contribution in [-0.4, -0.2) is 64.9 Å². The number of amides is 4. The van der Waals surface area contributed by atoms with Gasteiger partial charge in [0.15, 0.2) is 0 Å². The molecule has 4 amide bonds. The molecule has 2 fully saturated rings. The number of likely N-dealkylation sites (tertiary alicyclic amines) is 1. The van der Waals surface area contributed by atoms with E-state index >= 15 is 0 Å². The van der Waals surface area contributed by atoms with E-state index in [1.165, 1.54) is 69.6 Å². The monoisotopic (exact) mass is 489 g/mol. The summed E-state index contributed by atoms with van der Waals surface area (Å²) in [5.41, 5.74) is 0.164. The summed E-state index contributed by atoms with van der Waals surface area (Å²) in [5, 5.41) is 2.18. The van der Waals surface area contributed by atoms with Crippen molar-refractivity contribution in [2.24, 2.45) is 0 Å². The van der Waals surface area contributed by atoms with Crippen LogP contribution in [-0.2, 0) is 9.59 Å². The van der Waals surface area contributed by atoms with E-state index in [1.54, 1.807) is 0 Å². The van der Waals surface area contributed by atoms with E-state index in [4.69, 9.17) is 0 Å². The van der Waals surface area contributed by atoms with Crippen molar-refractivity contribution in [1.82, 2.24) is 15.1 Å². The third kappa shape index (κ3) is 5.68. The second kappa shape index (κ2) is 11.4. The molecule has 1 atom stereocenters. The smallest absolute Gasteiger partial charge is 0.263 e. The minimum absolute atomic E-state index is 0.00471. The summed E-state index contributed by atoms with van der Waals surface area (Å²) < 4.78 is 14.3. The van der Waals surface area contributed by atoms with Gasteiger partial charge in [-0.15, -0.1) is 11.8 Å². The molecular formula is C25H32FN3O4S. The molecule has 0 aromatic heterocycles. The van der Waals surface area contributed by atoms with Crippen molar-refractivity contribution in [3.8, 4) is 0 Å². The van der Waals surface area contributed by atoms with Gasteiger partial charge in [0.05, 0.1) is 11.1 Å². The van der Waals surface area contributed by atoms with Crippen molar-refractivity contribution in [3.63, 3.8) is 0 Å². The van der Waals surface area contributed by atoms with Crippen LogP contribution in [0.1, 0.15) is 84.9 Å². The first-order valence-corrected chi connectivity index (χ1v) is 13.3. The Morgan fingerprint density at radius 3 is 2.44 bits per heavy atom. The van der Waals surface area contributed by atoms with Crippen LogP contribution in [0.25, 0.3) is 0 Å². The number of hydrogen-bond donors (Lipinski definition) is 1. The van der Waals surface area contributed by atoms with Crippen LogP contribution >= 0.6 is 11.8 Å². The SMILES string of the molecule is O=C1CCC(N2C(=O)c3cc(F)cc(SCCCCCCCN4CCCCC4)c3C2=O)C(=O)N1. The molecule has 7 nitrogen and oxygen atoms in total. The topological polar surface area (TPSA) is 86.8 Å². The maximum absolute atomic E-state index is 14.3. The maximum Gasteiger partial charge on any atom is 0.263 e. The highest BCUT2D eigenvalue weighted by atomic mass is 32.2. The lowest BCUT2D eigenvalue weighted by Gasteiger charge is -2.27. The average Bonchev–Trinajstić information content (AvgIpc) is 3.06. The molecule has 0 radical (unpaired) electrons. The number of fused-ring (bicyclic) bond motifs is 1. The van der Waals surface area contributed by atoms with Gasteiger partial charge in [0.2, 0.25) is 11.8 Å². The number of unbranched alkanes of at least 4 members (excludes halogenated alkanes) is 4. The number of piperidine rings is 2. The van der Waals surface area contributed by atoms with Crippen LogP contribution in [0.2, 0.25) is 0 Å². The normalized spacial score (nSPS) is 21.2. The summed E-state index contributed by atoms with van der Waals surface area (Å²) in [6.45, 7) is 3.65. The Morgan fingerprint density at radius 1 is 0.941 bits per heavy atom. The van der Waals surface area contributed by atoms with E-state index in [-0.39, 0.29) is 24.0 Å². The summed E-state index contributed by atoms with van der Waals surface area (Å²) in [6.07, 6.45) is 9.71. The number of hydrogen-bond acceptors (Lipinski definition) is 6. The number of carbonyl (C=O) groups excluding carboxylic acids is 4. The van der Waals surface area contributed by atoms with Crippen LogP contribution in [0.5, 0.6) is 0 Å². The number of nitrogens with one attached hydrogen (secondary N) is 1. The Hall–Kier alpha value is -2.26. The number of benzene rings is 1. The molecule has 3 aliphatic rings. The van der Waals surface area contributed by atoms with Crippen molar-refractivity contribution >= 4 is 35.4 Å². The van der Waals surface area contributed by atoms with Gasteiger partial charge < -0.3 is 4.90 Å². The fraction of sp³-hybridized carbons (Fsp3) is 0.600. The summed E-state index contributed by atoms with van der Waals surface area (Å²) in [5.74, 6) is -2.21. The summed E-state index contributed by atoms with van der Waals surface area (Å²) in [4.78, 5) is 53.5. The van der Waals surface area contributed by atoms with E-state index in [0.717, 1.165) is 36.0 Å². The molecule has 0 aliphatic carbocycles. The van der Waals surface area contributed by atoms with Gasteiger partial charge in [-0.05, 0) is 69.6 Å². The number of carbonyl (C=O) groups is 4. The lowest BCUT2D eigenvalue weighted by Crippen LogP contribution is -2.54. The molecule has 9 heteroatoms. The van der Waals surface area contributed by atoms with Crippen molar-refractivity contribution in [2.45, 2.75) is 75.1 Å². The van der Waals surface area contributed by atoms with Crippen molar-refractivity contribution in [2.75, 3.05) is 25.4 Å². The molecule has 1 N–H and O–H groups in total. The molecule has 4 rings (SSSR count). The number of rotatable bonds is 10. The average molecular weight is 490 g/mol. The standard InChI is InChI=1S/C25H32FN3O4S/c26-17-15-18-22(25(33)29(24(18)32)19-9-10-21(30)27-23(19)31)20(16-17)34-14-8-3-1-2-5-11-28-12-6-4-7-13-28/h15-16,19H,1-14H2,(H,27,30,31). The second-order valence-corrected chi connectivity index (χ2v) is 10.4. The summed E-state index contributed by atoms with van der Waals surface area (Å²) >= 11 is 1.38. The Bertz CT molecular complexity index is 964. The van der Waals surface area contributed by atoms with Gasteiger partial charge in [-0.3, -0.25) is 29.4 Å². The molecule has 184 valence electrons. The molecule has 2 saturated heterocycles. The molecule has 0 spiro atoms. The van der Waals surface area contributed by atoms with Gasteiger partial charge in [-0.1, -0.05) is 25.7 Å². The van der Waals surface area contributed by atoms with Crippen molar-refractivity contribution < 1.29 is 23.6 Å². The molecule has 1 aromatic carbocycles. The van der Waals surface area contributed by atoms with Crippen molar-refractivity contribution in [3.05, 3.63) is 29.1 Å². The first-order chi connectivity index (χ1) is 16.5. The summed E-state index contributed by atoms with van der Waals surface area (Å²) in [6, 6.07) is 1.31. The van der Waals surface area contributed by atoms with Crippen LogP contribution in [0, 0.1) is 5.82 Å². The summed E-state index contributed by atoms with van der Waals surface area (Å²) in [7, 11) is 0. The molecule has 0 bridgehead atoms. The first kappa shape index (κ1) is 24.9. The van der Waals surface area contributed by atoms with Gasteiger partial charge in [0.25, 0.3) is 11.8 Å². The predicted molar refractivity (Wildman–Crippen MR) is 127 cm³/mol. The lowest BCUT2D eigenvalue weighted by molar-refractivity contribution is -0.136. The Balaban J connectivity index is 1.28. The van der Waals surface area contributed by atoms with Gasteiger partial charge in [-0.2, -0.15) is 0 Å². The largest absolute Gasteiger partial charge is 0.303 e. The van der Waals surface area contributed by atoms with Gasteiger partial charge in [-0.25, -0.2) is 4.39 Å². The van der Waals surface area contributed by atoms with Crippen molar-refractivity contribution in [1.29, 1.82) is 0 Å². The predicted octanol–water partition coefficient (Wildman–Crippen LogP) is 3.76. The zero-order valence-corrected chi connectivity index (χ0v) is 20.3. The van der Waals surface area contributed by atoms with Crippen LogP contribution in [0.15, 0.2) is 17.0 Å². The quantitative estimate of drug-likeness (QED) is 0.306. The fourth-order valence-electron chi connectivity index (χ4n) is 4.97. The van der Waals surface area contributed by atoms with Gasteiger partial charge in [0, 0.05) is 11.3 Å². The molecule has 3 aliphatic heterocycles. The zero-order valence-electron chi connectivity index (χ0n) is 19.4. The number of nitrogens with zero attached hydrogens (tertiary/aromatic N) is 2. The minimum atomic E-state index is -1.05. The highest BCUT2D eigenvalue weighted by Gasteiger charge is 2.45. The van der Waals surface area contributed by atoms with E-state index in [0.29, 0.717) is 4.90 Å². The third-order valence-electron chi connectivity index (χ3n) is 6.80. The number of imide groups is 2. The molecule has 1 unspecified atom stereocenters. The van der Waals surface area contributed by atoms with E-state index in [2.05, 4.69) is 10.2 Å². The fourth-order valence-corrected chi connectivity index (χ4v) is 6.08. The zero-order chi connectivity index (χ0) is 24.1. The first-order valence-electron chi connectivity index (χ1n) is 12.4. The van der Waals surface area contributed by atoms with Crippen LogP contribution in [0.4, 0.5) is 4.39 Å². The van der Waals surface area contributed by atoms with Crippen LogP contribution in [0.3, 0.4) is 0 Å². The van der Waals surface area contributed by atoms with E-state index in [9.17, 15) is 23.6 Å². The maximum atomic E-state index is 14.3. The molecular weight excluding hydrogens is 457 g/mol. The van der Waals surface area contributed by atoms with Gasteiger partial charge >= 0.3 is 0 Å². The lowest BCUT2D eigenvalue weighted by atomic mass is 10.0. The van der Waals surface area contributed by atoms with E-state index in [1.807, 2.05) is 0 Å². The van der Waals surface area contributed by atoms with Crippen LogP contribution < -0.4 is 5.32 Å². The highest BCUT2D eigenvalue weighted by molar-refractivity contribution is 7.99.